The molecule has 0 aliphatic rings. The maximum atomic E-state index is 12.6. The normalized spacial score (nSPS) is 11.2. The van der Waals surface area contributed by atoms with Crippen molar-refractivity contribution in [3.05, 3.63) is 90.3 Å². The molecule has 5 rings (SSSR count). The minimum absolute atomic E-state index is 0. The van der Waals surface area contributed by atoms with E-state index in [0.717, 1.165) is 35.6 Å². The second kappa shape index (κ2) is 11.4. The number of benzene rings is 2. The SMILES string of the molecule is Cc1ccc(Nc2nc3cc(Oc4ccnc(C(=O)NCCCn5ccnc5)c4)ccc3n2C)cc1C(C)C.[HH].[HH]. The lowest BCUT2D eigenvalue weighted by molar-refractivity contribution is 0.0947. The van der Waals surface area contributed by atoms with Crippen LogP contribution in [0, 0.1) is 6.92 Å². The van der Waals surface area contributed by atoms with Crippen LogP contribution in [-0.4, -0.2) is 36.5 Å². The third-order valence-corrected chi connectivity index (χ3v) is 6.65. The van der Waals surface area contributed by atoms with E-state index in [1.54, 1.807) is 30.9 Å². The number of hydrogen-bond acceptors (Lipinski definition) is 6. The number of aryl methyl sites for hydroxylation is 3. The number of carbonyl (C=O) groups excluding carboxylic acids is 1. The lowest BCUT2D eigenvalue weighted by Crippen LogP contribution is -2.26. The molecule has 0 aliphatic heterocycles. The Morgan fingerprint density at radius 1 is 1.08 bits per heavy atom. The summed E-state index contributed by atoms with van der Waals surface area (Å²) in [7, 11) is 1.99. The van der Waals surface area contributed by atoms with Gasteiger partial charge in [0.2, 0.25) is 5.95 Å². The molecule has 5 aromatic rings. The fourth-order valence-electron chi connectivity index (χ4n) is 4.53. The zero-order chi connectivity index (χ0) is 27.4. The van der Waals surface area contributed by atoms with Gasteiger partial charge in [-0.15, -0.1) is 0 Å². The molecule has 0 radical (unpaired) electrons. The highest BCUT2D eigenvalue weighted by Gasteiger charge is 2.13. The Labute approximate surface area is 230 Å². The first kappa shape index (κ1) is 26.0. The van der Waals surface area contributed by atoms with Crippen LogP contribution in [0.5, 0.6) is 11.5 Å². The Balaban J connectivity index is 0.00000231. The number of rotatable bonds is 10. The minimum Gasteiger partial charge on any atom is -0.457 e. The third kappa shape index (κ3) is 6.09. The van der Waals surface area contributed by atoms with Crippen molar-refractivity contribution in [3.8, 4) is 11.5 Å². The Bertz CT molecular complexity index is 1600. The number of imidazole rings is 2. The molecule has 0 atom stereocenters. The van der Waals surface area contributed by atoms with Gasteiger partial charge in [0.25, 0.3) is 5.91 Å². The van der Waals surface area contributed by atoms with E-state index < -0.39 is 0 Å². The summed E-state index contributed by atoms with van der Waals surface area (Å²) < 4.78 is 10.1. The Morgan fingerprint density at radius 3 is 2.72 bits per heavy atom. The molecule has 0 bridgehead atoms. The van der Waals surface area contributed by atoms with Crippen LogP contribution < -0.4 is 15.4 Å². The summed E-state index contributed by atoms with van der Waals surface area (Å²) in [5.41, 5.74) is 5.69. The Morgan fingerprint density at radius 2 is 1.92 bits per heavy atom. The second-order valence-corrected chi connectivity index (χ2v) is 9.88. The molecule has 9 nitrogen and oxygen atoms in total. The van der Waals surface area contributed by atoms with E-state index in [1.165, 1.54) is 11.1 Å². The second-order valence-electron chi connectivity index (χ2n) is 9.88. The van der Waals surface area contributed by atoms with Crippen LogP contribution in [0.1, 0.15) is 50.7 Å². The minimum atomic E-state index is -0.237. The smallest absolute Gasteiger partial charge is 0.270 e. The predicted octanol–water partition coefficient (Wildman–Crippen LogP) is 6.44. The molecule has 0 spiro atoms. The largest absolute Gasteiger partial charge is 0.457 e. The lowest BCUT2D eigenvalue weighted by atomic mass is 9.97. The number of anilines is 2. The molecule has 39 heavy (non-hydrogen) atoms. The van der Waals surface area contributed by atoms with Crippen molar-refractivity contribution in [2.24, 2.45) is 7.05 Å². The molecular weight excluding hydrogens is 490 g/mol. The molecule has 0 saturated heterocycles. The number of fused-ring (bicyclic) bond motifs is 1. The van der Waals surface area contributed by atoms with Crippen LogP contribution in [0.15, 0.2) is 73.4 Å². The van der Waals surface area contributed by atoms with Gasteiger partial charge < -0.3 is 24.5 Å². The highest BCUT2D eigenvalue weighted by Crippen LogP contribution is 2.29. The molecule has 1 amide bonds. The molecule has 204 valence electrons. The summed E-state index contributed by atoms with van der Waals surface area (Å²) >= 11 is 0. The van der Waals surface area contributed by atoms with Gasteiger partial charge in [0.1, 0.15) is 17.2 Å². The molecule has 0 saturated carbocycles. The molecule has 2 aromatic carbocycles. The summed E-state index contributed by atoms with van der Waals surface area (Å²) in [4.78, 5) is 25.6. The molecule has 3 aromatic heterocycles. The standard InChI is InChI=1S/C30H33N7O2.2H2/c1-20(2)25-16-22(7-6-21(25)3)34-30-35-26-17-23(8-9-28(26)36(30)4)39-24-10-12-32-27(18-24)29(38)33-11-5-14-37-15-13-31-19-37;;/h6-10,12-13,15-20H,5,11,14H2,1-4H3,(H,33,38)(H,34,35);2*1H. The fourth-order valence-corrected chi connectivity index (χ4v) is 4.53. The summed E-state index contributed by atoms with van der Waals surface area (Å²) in [5.74, 6) is 2.11. The number of amides is 1. The molecule has 0 unspecified atom stereocenters. The summed E-state index contributed by atoms with van der Waals surface area (Å²) in [6.07, 6.45) is 7.77. The number of nitrogens with zero attached hydrogens (tertiary/aromatic N) is 5. The number of aromatic nitrogens is 5. The van der Waals surface area contributed by atoms with Gasteiger partial charge in [-0.3, -0.25) is 9.78 Å². The highest BCUT2D eigenvalue weighted by atomic mass is 16.5. The van der Waals surface area contributed by atoms with Crippen LogP contribution in [0.2, 0.25) is 0 Å². The van der Waals surface area contributed by atoms with E-state index in [1.807, 2.05) is 40.6 Å². The van der Waals surface area contributed by atoms with Crippen LogP contribution in [0.3, 0.4) is 0 Å². The molecule has 9 heteroatoms. The number of carbonyl (C=O) groups is 1. The topological polar surface area (TPSA) is 98.9 Å². The number of ether oxygens (including phenoxy) is 1. The number of pyridine rings is 1. The van der Waals surface area contributed by atoms with E-state index in [9.17, 15) is 4.79 Å². The van der Waals surface area contributed by atoms with E-state index in [0.29, 0.717) is 29.7 Å². The van der Waals surface area contributed by atoms with Gasteiger partial charge in [-0.05, 0) is 60.7 Å². The average molecular weight is 528 g/mol. The van der Waals surface area contributed by atoms with Crippen molar-refractivity contribution in [2.45, 2.75) is 39.7 Å². The maximum Gasteiger partial charge on any atom is 0.270 e. The van der Waals surface area contributed by atoms with E-state index in [2.05, 4.69) is 59.6 Å². The predicted molar refractivity (Wildman–Crippen MR) is 157 cm³/mol. The maximum absolute atomic E-state index is 12.6. The van der Waals surface area contributed by atoms with Gasteiger partial charge in [0.15, 0.2) is 0 Å². The van der Waals surface area contributed by atoms with Gasteiger partial charge in [0.05, 0.1) is 17.4 Å². The van der Waals surface area contributed by atoms with Crippen LogP contribution in [0.25, 0.3) is 11.0 Å². The Hall–Kier alpha value is -4.66. The van der Waals surface area contributed by atoms with E-state index >= 15 is 0 Å². The third-order valence-electron chi connectivity index (χ3n) is 6.65. The van der Waals surface area contributed by atoms with Crippen molar-refractivity contribution in [3.63, 3.8) is 0 Å². The first-order valence-corrected chi connectivity index (χ1v) is 13.1. The van der Waals surface area contributed by atoms with Crippen LogP contribution in [-0.2, 0) is 13.6 Å². The van der Waals surface area contributed by atoms with Crippen molar-refractivity contribution in [1.29, 1.82) is 0 Å². The van der Waals surface area contributed by atoms with Crippen molar-refractivity contribution in [2.75, 3.05) is 11.9 Å². The molecule has 2 N–H and O–H groups in total. The zero-order valence-electron chi connectivity index (χ0n) is 22.7. The van der Waals surface area contributed by atoms with Gasteiger partial charge in [-0.25, -0.2) is 9.97 Å². The summed E-state index contributed by atoms with van der Waals surface area (Å²) in [5, 5.41) is 6.36. The molecule has 0 fully saturated rings. The van der Waals surface area contributed by atoms with Crippen molar-refractivity contribution >= 4 is 28.6 Å². The molecule has 0 aliphatic carbocycles. The van der Waals surface area contributed by atoms with Gasteiger partial charge >= 0.3 is 0 Å². The van der Waals surface area contributed by atoms with Crippen molar-refractivity contribution < 1.29 is 12.4 Å². The van der Waals surface area contributed by atoms with Gasteiger partial charge in [-0.2, -0.15) is 0 Å². The first-order valence-electron chi connectivity index (χ1n) is 13.1. The van der Waals surface area contributed by atoms with Gasteiger partial charge in [-0.1, -0.05) is 19.9 Å². The number of nitrogens with one attached hydrogen (secondary N) is 2. The van der Waals surface area contributed by atoms with E-state index in [4.69, 9.17) is 9.72 Å². The van der Waals surface area contributed by atoms with Crippen LogP contribution in [0.4, 0.5) is 11.6 Å². The fraction of sp³-hybridized carbons (Fsp3) is 0.267. The van der Waals surface area contributed by atoms with Crippen LogP contribution >= 0.6 is 0 Å². The lowest BCUT2D eigenvalue weighted by Gasteiger charge is -2.13. The average Bonchev–Trinajstić information content (AvgIpc) is 3.55. The summed E-state index contributed by atoms with van der Waals surface area (Å²) in [6.45, 7) is 7.86. The highest BCUT2D eigenvalue weighted by molar-refractivity contribution is 5.92. The quantitative estimate of drug-likeness (QED) is 0.203. The van der Waals surface area contributed by atoms with Crippen molar-refractivity contribution in [1.82, 2.24) is 29.4 Å². The van der Waals surface area contributed by atoms with E-state index in [-0.39, 0.29) is 8.76 Å². The molecule has 3 heterocycles. The number of hydrogen-bond donors (Lipinski definition) is 2. The monoisotopic (exact) mass is 527 g/mol. The first-order chi connectivity index (χ1) is 18.9. The summed E-state index contributed by atoms with van der Waals surface area (Å²) in [6, 6.07) is 15.5. The van der Waals surface area contributed by atoms with Gasteiger partial charge in [0, 0.05) is 59.4 Å². The zero-order valence-corrected chi connectivity index (χ0v) is 22.7. The Kier molecular flexibility index (Phi) is 7.58. The molecular formula is C30H37N7O2.